The van der Waals surface area contributed by atoms with Crippen molar-refractivity contribution >= 4 is 28.0 Å². The number of halogens is 1. The van der Waals surface area contributed by atoms with Gasteiger partial charge in [-0.2, -0.15) is 9.61 Å². The zero-order valence-electron chi connectivity index (χ0n) is 11.8. The normalized spacial score (nSPS) is 11.2. The van der Waals surface area contributed by atoms with E-state index in [4.69, 9.17) is 16.3 Å². The van der Waals surface area contributed by atoms with Crippen LogP contribution in [0.4, 0.5) is 0 Å². The lowest BCUT2D eigenvalue weighted by molar-refractivity contribution is 0.389. The molecule has 0 N–H and O–H groups in total. The highest BCUT2D eigenvalue weighted by Gasteiger charge is 2.16. The molecule has 0 atom stereocenters. The van der Waals surface area contributed by atoms with Crippen molar-refractivity contribution < 1.29 is 4.74 Å². The number of fused-ring (bicyclic) bond motifs is 2. The molecule has 0 aliphatic rings. The van der Waals surface area contributed by atoms with E-state index in [0.29, 0.717) is 16.7 Å². The van der Waals surface area contributed by atoms with Crippen LogP contribution < -0.4 is 4.74 Å². The highest BCUT2D eigenvalue weighted by atomic mass is 35.5. The second-order valence-corrected chi connectivity index (χ2v) is 5.34. The maximum atomic E-state index is 5.97. The molecule has 0 bridgehead atoms. The Morgan fingerprint density at radius 1 is 1.00 bits per heavy atom. The Hall–Kier alpha value is -2.59. The number of benzene rings is 2. The Labute approximate surface area is 131 Å². The summed E-state index contributed by atoms with van der Waals surface area (Å²) in [6, 6.07) is 18.0. The van der Waals surface area contributed by atoms with E-state index in [1.54, 1.807) is 17.7 Å². The van der Waals surface area contributed by atoms with Gasteiger partial charge in [0.25, 0.3) is 0 Å². The smallest absolute Gasteiger partial charge is 0.243 e. The molecule has 0 aliphatic carbocycles. The monoisotopic (exact) mass is 309 g/mol. The van der Waals surface area contributed by atoms with E-state index in [1.165, 1.54) is 5.39 Å². The summed E-state index contributed by atoms with van der Waals surface area (Å²) in [5.74, 6) is 0.577. The number of aromatic nitrogens is 3. The molecule has 2 heterocycles. The van der Waals surface area contributed by atoms with Gasteiger partial charge in [0.2, 0.25) is 5.88 Å². The second kappa shape index (κ2) is 5.00. The number of methoxy groups -OCH3 is 1. The van der Waals surface area contributed by atoms with Crippen LogP contribution in [0.5, 0.6) is 5.88 Å². The van der Waals surface area contributed by atoms with Crippen molar-refractivity contribution in [1.29, 1.82) is 0 Å². The van der Waals surface area contributed by atoms with E-state index in [1.807, 2.05) is 24.3 Å². The average molecular weight is 310 g/mol. The zero-order chi connectivity index (χ0) is 15.1. The minimum Gasteiger partial charge on any atom is -0.479 e. The van der Waals surface area contributed by atoms with Gasteiger partial charge in [0.05, 0.1) is 7.11 Å². The minimum atomic E-state index is 0.397. The highest BCUT2D eigenvalue weighted by Crippen LogP contribution is 2.32. The summed E-state index contributed by atoms with van der Waals surface area (Å²) in [5, 5.41) is 6.99. The third-order valence-electron chi connectivity index (χ3n) is 3.62. The first kappa shape index (κ1) is 13.1. The van der Waals surface area contributed by atoms with Crippen LogP contribution in [0.2, 0.25) is 5.15 Å². The predicted octanol–water partition coefficient (Wildman–Crippen LogP) is 4.21. The molecule has 0 radical (unpaired) electrons. The summed E-state index contributed by atoms with van der Waals surface area (Å²) < 4.78 is 7.12. The van der Waals surface area contributed by atoms with E-state index in [2.05, 4.69) is 34.3 Å². The van der Waals surface area contributed by atoms with Crippen LogP contribution in [0.1, 0.15) is 0 Å². The molecule has 0 unspecified atom stereocenters. The molecule has 108 valence electrons. The Kier molecular flexibility index (Phi) is 2.98. The lowest BCUT2D eigenvalue weighted by Crippen LogP contribution is -1.95. The van der Waals surface area contributed by atoms with Crippen molar-refractivity contribution in [3.8, 4) is 17.1 Å². The maximum Gasteiger partial charge on any atom is 0.243 e. The van der Waals surface area contributed by atoms with Gasteiger partial charge < -0.3 is 4.74 Å². The van der Waals surface area contributed by atoms with Gasteiger partial charge in [-0.1, -0.05) is 48.0 Å². The molecule has 4 aromatic rings. The summed E-state index contributed by atoms with van der Waals surface area (Å²) in [6.07, 6.45) is 0. The van der Waals surface area contributed by atoms with Gasteiger partial charge in [0, 0.05) is 5.56 Å². The third-order valence-corrected chi connectivity index (χ3v) is 3.82. The Morgan fingerprint density at radius 2 is 1.82 bits per heavy atom. The zero-order valence-corrected chi connectivity index (χ0v) is 12.6. The lowest BCUT2D eigenvalue weighted by atomic mass is 10.1. The molecule has 5 heteroatoms. The SMILES string of the molecule is COc1c(-c2ccc3ccccc3c2)nc2ccc(Cl)nn12. The maximum absolute atomic E-state index is 5.97. The van der Waals surface area contributed by atoms with E-state index in [9.17, 15) is 0 Å². The van der Waals surface area contributed by atoms with Gasteiger partial charge in [0.1, 0.15) is 10.8 Å². The molecule has 2 aromatic carbocycles. The molecule has 0 saturated heterocycles. The van der Waals surface area contributed by atoms with Crippen molar-refractivity contribution in [2.24, 2.45) is 0 Å². The number of rotatable bonds is 2. The molecule has 0 aliphatic heterocycles. The molecular weight excluding hydrogens is 298 g/mol. The average Bonchev–Trinajstić information content (AvgIpc) is 2.92. The number of ether oxygens (including phenoxy) is 1. The van der Waals surface area contributed by atoms with Gasteiger partial charge in [0.15, 0.2) is 5.65 Å². The Morgan fingerprint density at radius 3 is 2.64 bits per heavy atom. The van der Waals surface area contributed by atoms with Crippen molar-refractivity contribution in [3.63, 3.8) is 0 Å². The standard InChI is InChI=1S/C17H12ClN3O/c1-22-17-16(19-15-9-8-14(18)20-21(15)17)13-7-6-11-4-2-3-5-12(11)10-13/h2-10H,1H3. The Bertz CT molecular complexity index is 994. The van der Waals surface area contributed by atoms with Crippen LogP contribution in [0, 0.1) is 0 Å². The summed E-state index contributed by atoms with van der Waals surface area (Å²) in [5.41, 5.74) is 2.43. The number of imidazole rings is 1. The summed E-state index contributed by atoms with van der Waals surface area (Å²) >= 11 is 5.97. The molecule has 0 spiro atoms. The lowest BCUT2D eigenvalue weighted by Gasteiger charge is -2.04. The van der Waals surface area contributed by atoms with Crippen LogP contribution in [0.3, 0.4) is 0 Å². The predicted molar refractivity (Wildman–Crippen MR) is 87.5 cm³/mol. The molecule has 2 aromatic heterocycles. The Balaban J connectivity index is 1.98. The van der Waals surface area contributed by atoms with E-state index >= 15 is 0 Å². The first-order valence-electron chi connectivity index (χ1n) is 6.85. The van der Waals surface area contributed by atoms with Crippen LogP contribution >= 0.6 is 11.6 Å². The molecule has 0 saturated carbocycles. The minimum absolute atomic E-state index is 0.397. The van der Waals surface area contributed by atoms with Crippen LogP contribution in [-0.4, -0.2) is 21.7 Å². The van der Waals surface area contributed by atoms with Gasteiger partial charge in [-0.15, -0.1) is 0 Å². The fourth-order valence-corrected chi connectivity index (χ4v) is 2.74. The molecular formula is C17H12ClN3O. The molecule has 0 fully saturated rings. The van der Waals surface area contributed by atoms with Gasteiger partial charge in [-0.3, -0.25) is 0 Å². The third kappa shape index (κ3) is 2.00. The van der Waals surface area contributed by atoms with Crippen LogP contribution in [0.15, 0.2) is 54.6 Å². The van der Waals surface area contributed by atoms with Gasteiger partial charge >= 0.3 is 0 Å². The van der Waals surface area contributed by atoms with Crippen LogP contribution in [-0.2, 0) is 0 Å². The van der Waals surface area contributed by atoms with Crippen molar-refractivity contribution in [2.75, 3.05) is 7.11 Å². The fourth-order valence-electron chi connectivity index (χ4n) is 2.60. The molecule has 4 rings (SSSR count). The number of hydrogen-bond acceptors (Lipinski definition) is 3. The molecule has 22 heavy (non-hydrogen) atoms. The fraction of sp³-hybridized carbons (Fsp3) is 0.0588. The molecule has 0 amide bonds. The van der Waals surface area contributed by atoms with Gasteiger partial charge in [-0.25, -0.2) is 4.98 Å². The second-order valence-electron chi connectivity index (χ2n) is 4.96. The quantitative estimate of drug-likeness (QED) is 0.557. The summed E-state index contributed by atoms with van der Waals surface area (Å²) in [4.78, 5) is 4.62. The summed E-state index contributed by atoms with van der Waals surface area (Å²) in [6.45, 7) is 0. The summed E-state index contributed by atoms with van der Waals surface area (Å²) in [7, 11) is 1.61. The number of nitrogens with zero attached hydrogens (tertiary/aromatic N) is 3. The largest absolute Gasteiger partial charge is 0.479 e. The van der Waals surface area contributed by atoms with Crippen LogP contribution in [0.25, 0.3) is 27.7 Å². The van der Waals surface area contributed by atoms with Gasteiger partial charge in [-0.05, 0) is 29.0 Å². The van der Waals surface area contributed by atoms with Crippen molar-refractivity contribution in [3.05, 3.63) is 59.8 Å². The van der Waals surface area contributed by atoms with E-state index in [-0.39, 0.29) is 0 Å². The highest BCUT2D eigenvalue weighted by molar-refractivity contribution is 6.29. The van der Waals surface area contributed by atoms with E-state index < -0.39 is 0 Å². The van der Waals surface area contributed by atoms with E-state index in [0.717, 1.165) is 16.6 Å². The molecule has 4 nitrogen and oxygen atoms in total. The first-order valence-corrected chi connectivity index (χ1v) is 7.22. The van der Waals surface area contributed by atoms with Crippen molar-refractivity contribution in [1.82, 2.24) is 14.6 Å². The number of hydrogen-bond donors (Lipinski definition) is 0. The van der Waals surface area contributed by atoms with Crippen molar-refractivity contribution in [2.45, 2.75) is 0 Å². The topological polar surface area (TPSA) is 39.4 Å². The first-order chi connectivity index (χ1) is 10.8.